The van der Waals surface area contributed by atoms with Gasteiger partial charge in [-0.15, -0.1) is 11.3 Å². The topological polar surface area (TPSA) is 91.3 Å². The lowest BCUT2D eigenvalue weighted by Gasteiger charge is -2.17. The monoisotopic (exact) mass is 391 g/mol. The molecule has 0 spiro atoms. The minimum atomic E-state index is -0.471. The van der Waals surface area contributed by atoms with Crippen molar-refractivity contribution in [2.24, 2.45) is 5.10 Å². The number of rotatable bonds is 4. The fraction of sp³-hybridized carbons (Fsp3) is 0.150. The number of carbonyl (C=O) groups excluding carboxylic acids is 1. The molecule has 0 aliphatic carbocycles. The average molecular weight is 391 g/mol. The van der Waals surface area contributed by atoms with E-state index < -0.39 is 5.56 Å². The Morgan fingerprint density at radius 1 is 1.32 bits per heavy atom. The number of amides is 1. The Morgan fingerprint density at radius 3 is 2.68 bits per heavy atom. The Bertz CT molecular complexity index is 1160. The Hall–Kier alpha value is -3.57. The van der Waals surface area contributed by atoms with Crippen LogP contribution in [-0.2, 0) is 4.79 Å². The Labute approximate surface area is 165 Å². The summed E-state index contributed by atoms with van der Waals surface area (Å²) in [6.07, 6.45) is 1.44. The zero-order valence-electron chi connectivity index (χ0n) is 15.6. The highest BCUT2D eigenvalue weighted by Crippen LogP contribution is 2.28. The molecule has 7 nitrogen and oxygen atoms in total. The van der Waals surface area contributed by atoms with Gasteiger partial charge in [-0.05, 0) is 37.6 Å². The standard InChI is InChI=1S/C20H17N5O2S/c1-13-9-14(2)25(19(27)18(13)10-21)22-11-16-12-28-20(23-16)24(15(3)26)17-7-5-4-6-8-17/h4-9,11-12H,1-3H3/b22-11-. The molecule has 1 aromatic carbocycles. The van der Waals surface area contributed by atoms with Crippen molar-refractivity contribution >= 4 is 34.3 Å². The number of pyridine rings is 1. The lowest BCUT2D eigenvalue weighted by atomic mass is 10.1. The van der Waals surface area contributed by atoms with Crippen molar-refractivity contribution in [3.05, 3.63) is 74.6 Å². The second kappa shape index (κ2) is 7.98. The number of para-hydroxylation sites is 1. The molecule has 2 heterocycles. The first-order valence-corrected chi connectivity index (χ1v) is 9.29. The third-order valence-electron chi connectivity index (χ3n) is 4.01. The number of aryl methyl sites for hydroxylation is 2. The number of aromatic nitrogens is 2. The molecule has 0 radical (unpaired) electrons. The van der Waals surface area contributed by atoms with Crippen LogP contribution in [0.5, 0.6) is 0 Å². The summed E-state index contributed by atoms with van der Waals surface area (Å²) >= 11 is 1.30. The van der Waals surface area contributed by atoms with Gasteiger partial charge in [0.25, 0.3) is 5.56 Å². The number of anilines is 2. The van der Waals surface area contributed by atoms with Crippen LogP contribution in [0.2, 0.25) is 0 Å². The van der Waals surface area contributed by atoms with Crippen molar-refractivity contribution in [3.8, 4) is 6.07 Å². The van der Waals surface area contributed by atoms with Gasteiger partial charge < -0.3 is 0 Å². The van der Waals surface area contributed by atoms with Crippen LogP contribution in [0, 0.1) is 25.2 Å². The van der Waals surface area contributed by atoms with Gasteiger partial charge >= 0.3 is 0 Å². The van der Waals surface area contributed by atoms with E-state index in [4.69, 9.17) is 5.26 Å². The molecule has 0 saturated heterocycles. The fourth-order valence-corrected chi connectivity index (χ4v) is 3.56. The van der Waals surface area contributed by atoms with Gasteiger partial charge in [0.2, 0.25) is 5.91 Å². The van der Waals surface area contributed by atoms with Crippen LogP contribution in [0.25, 0.3) is 0 Å². The van der Waals surface area contributed by atoms with Crippen molar-refractivity contribution in [1.29, 1.82) is 5.26 Å². The van der Waals surface area contributed by atoms with Crippen molar-refractivity contribution in [1.82, 2.24) is 9.66 Å². The van der Waals surface area contributed by atoms with E-state index in [9.17, 15) is 9.59 Å². The maximum absolute atomic E-state index is 12.4. The molecule has 0 atom stereocenters. The van der Waals surface area contributed by atoms with E-state index in [0.29, 0.717) is 22.1 Å². The summed E-state index contributed by atoms with van der Waals surface area (Å²) in [4.78, 5) is 30.5. The van der Waals surface area contributed by atoms with Crippen LogP contribution < -0.4 is 10.5 Å². The molecular weight excluding hydrogens is 374 g/mol. The summed E-state index contributed by atoms with van der Waals surface area (Å²) in [5, 5.41) is 15.6. The number of carbonyl (C=O) groups is 1. The van der Waals surface area contributed by atoms with Crippen molar-refractivity contribution in [2.75, 3.05) is 4.90 Å². The number of nitrogens with zero attached hydrogens (tertiary/aromatic N) is 5. The summed E-state index contributed by atoms with van der Waals surface area (Å²) in [7, 11) is 0. The molecule has 0 aliphatic rings. The molecule has 0 N–H and O–H groups in total. The molecule has 8 heteroatoms. The van der Waals surface area contributed by atoms with Gasteiger partial charge in [0.1, 0.15) is 11.6 Å². The van der Waals surface area contributed by atoms with Crippen molar-refractivity contribution in [2.45, 2.75) is 20.8 Å². The minimum absolute atomic E-state index is 0.0635. The normalized spacial score (nSPS) is 10.8. The summed E-state index contributed by atoms with van der Waals surface area (Å²) in [5.41, 5.74) is 2.05. The van der Waals surface area contributed by atoms with Gasteiger partial charge in [-0.25, -0.2) is 9.66 Å². The second-order valence-corrected chi connectivity index (χ2v) is 6.90. The lowest BCUT2D eigenvalue weighted by molar-refractivity contribution is -0.115. The summed E-state index contributed by atoms with van der Waals surface area (Å²) in [6, 6.07) is 12.9. The first-order chi connectivity index (χ1) is 13.4. The van der Waals surface area contributed by atoms with E-state index in [-0.39, 0.29) is 11.5 Å². The van der Waals surface area contributed by atoms with E-state index in [0.717, 1.165) is 5.69 Å². The van der Waals surface area contributed by atoms with E-state index in [1.165, 1.54) is 34.1 Å². The maximum atomic E-state index is 12.4. The van der Waals surface area contributed by atoms with Gasteiger partial charge in [-0.3, -0.25) is 14.5 Å². The van der Waals surface area contributed by atoms with Gasteiger partial charge in [0.15, 0.2) is 5.13 Å². The molecule has 0 aliphatic heterocycles. The van der Waals surface area contributed by atoms with Crippen molar-refractivity contribution < 1.29 is 4.79 Å². The molecular formula is C20H17N5O2S. The third kappa shape index (κ3) is 3.75. The second-order valence-electron chi connectivity index (χ2n) is 6.06. The van der Waals surface area contributed by atoms with Crippen LogP contribution in [0.1, 0.15) is 29.4 Å². The molecule has 140 valence electrons. The largest absolute Gasteiger partial charge is 0.289 e. The SMILES string of the molecule is CC(=O)N(c1ccccc1)c1nc(/C=N\n2c(C)cc(C)c(C#N)c2=O)cs1. The predicted octanol–water partition coefficient (Wildman–Crippen LogP) is 3.36. The number of thiazole rings is 1. The van der Waals surface area contributed by atoms with E-state index in [1.54, 1.807) is 25.3 Å². The van der Waals surface area contributed by atoms with E-state index >= 15 is 0 Å². The molecule has 3 rings (SSSR count). The highest BCUT2D eigenvalue weighted by atomic mass is 32.1. The molecule has 2 aromatic heterocycles. The lowest BCUT2D eigenvalue weighted by Crippen LogP contribution is -2.23. The van der Waals surface area contributed by atoms with Gasteiger partial charge in [-0.2, -0.15) is 10.4 Å². The first kappa shape index (κ1) is 19.2. The average Bonchev–Trinajstić information content (AvgIpc) is 3.10. The van der Waals surface area contributed by atoms with Crippen LogP contribution in [0.4, 0.5) is 10.8 Å². The number of hydrogen-bond donors (Lipinski definition) is 0. The predicted molar refractivity (Wildman–Crippen MR) is 109 cm³/mol. The molecule has 0 fully saturated rings. The molecule has 0 unspecified atom stereocenters. The van der Waals surface area contributed by atoms with Gasteiger partial charge in [0.05, 0.1) is 17.6 Å². The maximum Gasteiger partial charge on any atom is 0.289 e. The number of benzene rings is 1. The molecule has 28 heavy (non-hydrogen) atoms. The summed E-state index contributed by atoms with van der Waals surface area (Å²) in [6.45, 7) is 4.93. The van der Waals surface area contributed by atoms with Crippen molar-refractivity contribution in [3.63, 3.8) is 0 Å². The molecule has 0 saturated carbocycles. The number of nitriles is 1. The summed E-state index contributed by atoms with van der Waals surface area (Å²) < 4.78 is 1.17. The smallest absolute Gasteiger partial charge is 0.274 e. The van der Waals surface area contributed by atoms with Crippen LogP contribution in [-0.4, -0.2) is 21.8 Å². The fourth-order valence-electron chi connectivity index (χ4n) is 2.72. The first-order valence-electron chi connectivity index (χ1n) is 8.41. The van der Waals surface area contributed by atoms with Gasteiger partial charge in [-0.1, -0.05) is 18.2 Å². The summed E-state index contributed by atoms with van der Waals surface area (Å²) in [5.74, 6) is -0.159. The number of hydrogen-bond acceptors (Lipinski definition) is 6. The zero-order chi connectivity index (χ0) is 20.3. The van der Waals surface area contributed by atoms with E-state index in [1.807, 2.05) is 36.4 Å². The van der Waals surface area contributed by atoms with Gasteiger partial charge in [0, 0.05) is 18.0 Å². The Kier molecular flexibility index (Phi) is 5.47. The van der Waals surface area contributed by atoms with Crippen LogP contribution in [0.3, 0.4) is 0 Å². The molecule has 0 bridgehead atoms. The zero-order valence-corrected chi connectivity index (χ0v) is 16.4. The Morgan fingerprint density at radius 2 is 2.04 bits per heavy atom. The Balaban J connectivity index is 1.95. The van der Waals surface area contributed by atoms with E-state index in [2.05, 4.69) is 10.1 Å². The highest BCUT2D eigenvalue weighted by Gasteiger charge is 2.17. The quantitative estimate of drug-likeness (QED) is 0.638. The van der Waals surface area contributed by atoms with Crippen LogP contribution in [0.15, 0.2) is 51.7 Å². The third-order valence-corrected chi connectivity index (χ3v) is 4.85. The molecule has 1 amide bonds. The molecule has 3 aromatic rings. The highest BCUT2D eigenvalue weighted by molar-refractivity contribution is 7.14. The minimum Gasteiger partial charge on any atom is -0.274 e. The van der Waals surface area contributed by atoms with Crippen LogP contribution >= 0.6 is 11.3 Å².